The highest BCUT2D eigenvalue weighted by atomic mass is 19.1. The van der Waals surface area contributed by atoms with E-state index in [-0.39, 0.29) is 11.9 Å². The van der Waals surface area contributed by atoms with Gasteiger partial charge in [0.05, 0.1) is 12.6 Å². The molecule has 0 amide bonds. The van der Waals surface area contributed by atoms with Crippen molar-refractivity contribution >= 4 is 5.96 Å². The van der Waals surface area contributed by atoms with E-state index in [1.165, 1.54) is 12.1 Å². The van der Waals surface area contributed by atoms with Crippen molar-refractivity contribution in [3.63, 3.8) is 0 Å². The van der Waals surface area contributed by atoms with E-state index in [4.69, 9.17) is 4.74 Å². The Balaban J connectivity index is 1.76. The number of benzene rings is 1. The van der Waals surface area contributed by atoms with Crippen molar-refractivity contribution in [2.75, 3.05) is 26.2 Å². The molecule has 1 aromatic rings. The lowest BCUT2D eigenvalue weighted by atomic mass is 10.1. The molecule has 0 bridgehead atoms. The fourth-order valence-electron chi connectivity index (χ4n) is 2.30. The second kappa shape index (κ2) is 8.62. The fraction of sp³-hybridized carbons (Fsp3) is 0.562. The summed E-state index contributed by atoms with van der Waals surface area (Å²) >= 11 is 0. The molecule has 116 valence electrons. The normalized spacial score (nSPS) is 18.8. The Bertz CT molecular complexity index is 441. The summed E-state index contributed by atoms with van der Waals surface area (Å²) in [6.45, 7) is 5.20. The number of hydrogen-bond donors (Lipinski definition) is 2. The standard InChI is InChI=1S/C16H24FN3O/c1-2-18-16(20-12-15-4-3-11-21-15)19-10-9-13-5-7-14(17)8-6-13/h5-8,15H,2-4,9-12H2,1H3,(H2,18,19,20). The predicted molar refractivity (Wildman–Crippen MR) is 83.1 cm³/mol. The molecule has 21 heavy (non-hydrogen) atoms. The number of halogens is 1. The molecule has 1 saturated heterocycles. The molecule has 1 aliphatic heterocycles. The van der Waals surface area contributed by atoms with Crippen LogP contribution in [-0.2, 0) is 11.2 Å². The SMILES string of the molecule is CCNC(=NCC1CCCO1)NCCc1ccc(F)cc1. The average molecular weight is 293 g/mol. The molecule has 2 rings (SSSR count). The minimum absolute atomic E-state index is 0.196. The third kappa shape index (κ3) is 5.71. The molecule has 1 aliphatic rings. The van der Waals surface area contributed by atoms with Crippen LogP contribution in [0.15, 0.2) is 29.3 Å². The zero-order valence-corrected chi connectivity index (χ0v) is 12.6. The second-order valence-corrected chi connectivity index (χ2v) is 5.16. The highest BCUT2D eigenvalue weighted by Gasteiger charge is 2.14. The number of nitrogens with zero attached hydrogens (tertiary/aromatic N) is 1. The van der Waals surface area contributed by atoms with Crippen LogP contribution < -0.4 is 10.6 Å². The molecule has 1 fully saturated rings. The van der Waals surface area contributed by atoms with Gasteiger partial charge in [-0.25, -0.2) is 4.39 Å². The molecule has 2 N–H and O–H groups in total. The number of nitrogens with one attached hydrogen (secondary N) is 2. The van der Waals surface area contributed by atoms with Crippen LogP contribution in [0.4, 0.5) is 4.39 Å². The first-order valence-electron chi connectivity index (χ1n) is 7.66. The maximum Gasteiger partial charge on any atom is 0.191 e. The van der Waals surface area contributed by atoms with Gasteiger partial charge < -0.3 is 15.4 Å². The van der Waals surface area contributed by atoms with E-state index in [9.17, 15) is 4.39 Å². The molecule has 0 saturated carbocycles. The zero-order chi connectivity index (χ0) is 14.9. The molecule has 1 atom stereocenters. The van der Waals surface area contributed by atoms with Crippen LogP contribution in [0.25, 0.3) is 0 Å². The summed E-state index contributed by atoms with van der Waals surface area (Å²) in [5, 5.41) is 6.52. The Morgan fingerprint density at radius 3 is 2.81 bits per heavy atom. The van der Waals surface area contributed by atoms with Gasteiger partial charge in [-0.2, -0.15) is 0 Å². The molecule has 0 aliphatic carbocycles. The molecule has 0 aromatic heterocycles. The molecule has 0 radical (unpaired) electrons. The Hall–Kier alpha value is -1.62. The molecule has 0 spiro atoms. The molecule has 1 heterocycles. The van der Waals surface area contributed by atoms with E-state index >= 15 is 0 Å². The number of rotatable bonds is 6. The first kappa shape index (κ1) is 15.8. The molecule has 1 aromatic carbocycles. The first-order chi connectivity index (χ1) is 10.3. The van der Waals surface area contributed by atoms with E-state index in [2.05, 4.69) is 15.6 Å². The Labute approximate surface area is 125 Å². The monoisotopic (exact) mass is 293 g/mol. The minimum Gasteiger partial charge on any atom is -0.376 e. The van der Waals surface area contributed by atoms with Crippen LogP contribution in [0, 0.1) is 5.82 Å². The Morgan fingerprint density at radius 1 is 1.33 bits per heavy atom. The minimum atomic E-state index is -0.196. The van der Waals surface area contributed by atoms with Crippen LogP contribution in [0.2, 0.25) is 0 Å². The maximum atomic E-state index is 12.8. The molecule has 1 unspecified atom stereocenters. The van der Waals surface area contributed by atoms with Gasteiger partial charge in [-0.05, 0) is 43.9 Å². The summed E-state index contributed by atoms with van der Waals surface area (Å²) in [5.41, 5.74) is 1.11. The van der Waals surface area contributed by atoms with Gasteiger partial charge in [0.2, 0.25) is 0 Å². The summed E-state index contributed by atoms with van der Waals surface area (Å²) in [4.78, 5) is 4.55. The highest BCUT2D eigenvalue weighted by molar-refractivity contribution is 5.79. The van der Waals surface area contributed by atoms with Crippen molar-refractivity contribution in [2.24, 2.45) is 4.99 Å². The smallest absolute Gasteiger partial charge is 0.191 e. The van der Waals surface area contributed by atoms with Gasteiger partial charge >= 0.3 is 0 Å². The van der Waals surface area contributed by atoms with Gasteiger partial charge in [0.15, 0.2) is 5.96 Å². The second-order valence-electron chi connectivity index (χ2n) is 5.16. The molecular weight excluding hydrogens is 269 g/mol. The predicted octanol–water partition coefficient (Wildman–Crippen LogP) is 2.10. The number of guanidine groups is 1. The highest BCUT2D eigenvalue weighted by Crippen LogP contribution is 2.11. The van der Waals surface area contributed by atoms with Gasteiger partial charge in [0.25, 0.3) is 0 Å². The van der Waals surface area contributed by atoms with Gasteiger partial charge in [0, 0.05) is 19.7 Å². The van der Waals surface area contributed by atoms with Gasteiger partial charge in [-0.3, -0.25) is 4.99 Å². The van der Waals surface area contributed by atoms with E-state index in [1.807, 2.05) is 19.1 Å². The molecule has 4 nitrogen and oxygen atoms in total. The van der Waals surface area contributed by atoms with Gasteiger partial charge in [0.1, 0.15) is 5.82 Å². The van der Waals surface area contributed by atoms with Crippen molar-refractivity contribution < 1.29 is 9.13 Å². The molecule has 5 heteroatoms. The first-order valence-corrected chi connectivity index (χ1v) is 7.66. The Kier molecular flexibility index (Phi) is 6.47. The van der Waals surface area contributed by atoms with Crippen LogP contribution in [0.1, 0.15) is 25.3 Å². The lowest BCUT2D eigenvalue weighted by Crippen LogP contribution is -2.38. The lowest BCUT2D eigenvalue weighted by molar-refractivity contribution is 0.117. The third-order valence-corrected chi connectivity index (χ3v) is 3.44. The lowest BCUT2D eigenvalue weighted by Gasteiger charge is -2.13. The van der Waals surface area contributed by atoms with Crippen LogP contribution >= 0.6 is 0 Å². The van der Waals surface area contributed by atoms with E-state index in [1.54, 1.807) is 0 Å². The maximum absolute atomic E-state index is 12.8. The summed E-state index contributed by atoms with van der Waals surface area (Å²) in [7, 11) is 0. The number of ether oxygens (including phenoxy) is 1. The van der Waals surface area contributed by atoms with Gasteiger partial charge in [-0.1, -0.05) is 12.1 Å². The van der Waals surface area contributed by atoms with Crippen LogP contribution in [0.5, 0.6) is 0 Å². The summed E-state index contributed by atoms with van der Waals surface area (Å²) < 4.78 is 18.4. The van der Waals surface area contributed by atoms with Crippen molar-refractivity contribution in [3.05, 3.63) is 35.6 Å². The van der Waals surface area contributed by atoms with Crippen LogP contribution in [0.3, 0.4) is 0 Å². The largest absolute Gasteiger partial charge is 0.376 e. The summed E-state index contributed by atoms with van der Waals surface area (Å²) in [6.07, 6.45) is 3.33. The van der Waals surface area contributed by atoms with Crippen LogP contribution in [-0.4, -0.2) is 38.3 Å². The van der Waals surface area contributed by atoms with Crippen molar-refractivity contribution in [2.45, 2.75) is 32.3 Å². The van der Waals surface area contributed by atoms with E-state index < -0.39 is 0 Å². The van der Waals surface area contributed by atoms with Crippen molar-refractivity contribution in [3.8, 4) is 0 Å². The Morgan fingerprint density at radius 2 is 2.14 bits per heavy atom. The fourth-order valence-corrected chi connectivity index (χ4v) is 2.30. The van der Waals surface area contributed by atoms with Crippen molar-refractivity contribution in [1.29, 1.82) is 0 Å². The van der Waals surface area contributed by atoms with Gasteiger partial charge in [-0.15, -0.1) is 0 Å². The van der Waals surface area contributed by atoms with E-state index in [0.29, 0.717) is 6.54 Å². The third-order valence-electron chi connectivity index (χ3n) is 3.44. The zero-order valence-electron chi connectivity index (χ0n) is 12.6. The summed E-state index contributed by atoms with van der Waals surface area (Å²) in [6, 6.07) is 6.61. The van der Waals surface area contributed by atoms with E-state index in [0.717, 1.165) is 50.5 Å². The quantitative estimate of drug-likeness (QED) is 0.624. The number of aliphatic imine (C=N–C) groups is 1. The van der Waals surface area contributed by atoms with Crippen molar-refractivity contribution in [1.82, 2.24) is 10.6 Å². The molecular formula is C16H24FN3O. The average Bonchev–Trinajstić information content (AvgIpc) is 3.00. The topological polar surface area (TPSA) is 45.7 Å². The number of hydrogen-bond acceptors (Lipinski definition) is 2. The summed E-state index contributed by atoms with van der Waals surface area (Å²) in [5.74, 6) is 0.619.